The fourth-order valence-corrected chi connectivity index (χ4v) is 10.1. The van der Waals surface area contributed by atoms with E-state index in [1.54, 1.807) is 16.1 Å². The van der Waals surface area contributed by atoms with Crippen molar-refractivity contribution in [1.29, 1.82) is 0 Å². The number of benzene rings is 2. The van der Waals surface area contributed by atoms with E-state index >= 15 is 0 Å². The molecule has 0 aromatic heterocycles. The Morgan fingerprint density at radius 2 is 1.82 bits per heavy atom. The van der Waals surface area contributed by atoms with E-state index in [0.29, 0.717) is 37.7 Å². The highest BCUT2D eigenvalue weighted by molar-refractivity contribution is 8.01. The highest BCUT2D eigenvalue weighted by atomic mass is 32.2. The van der Waals surface area contributed by atoms with Gasteiger partial charge in [-0.15, -0.1) is 11.8 Å². The first kappa shape index (κ1) is 22.9. The van der Waals surface area contributed by atoms with Gasteiger partial charge in [0.2, 0.25) is 10.0 Å². The molecule has 3 unspecified atom stereocenters. The molecular weight excluding hydrogens is 454 g/mol. The van der Waals surface area contributed by atoms with Crippen molar-refractivity contribution in [3.05, 3.63) is 65.7 Å². The summed E-state index contributed by atoms with van der Waals surface area (Å²) in [6.07, 6.45) is 2.16. The molecular formula is C26H31NO4S2. The van der Waals surface area contributed by atoms with Crippen LogP contribution < -0.4 is 4.74 Å². The highest BCUT2D eigenvalue weighted by Crippen LogP contribution is 2.64. The van der Waals surface area contributed by atoms with Gasteiger partial charge in [-0.3, -0.25) is 4.79 Å². The summed E-state index contributed by atoms with van der Waals surface area (Å²) in [6, 6.07) is 17.7. The van der Waals surface area contributed by atoms with E-state index in [1.165, 1.54) is 0 Å². The average Bonchev–Trinajstić information content (AvgIpc) is 3.43. The van der Waals surface area contributed by atoms with E-state index in [-0.39, 0.29) is 22.3 Å². The number of hydrogen-bond acceptors (Lipinski definition) is 5. The number of sulfonamides is 1. The Labute approximate surface area is 200 Å². The molecule has 2 aromatic carbocycles. The molecule has 2 bridgehead atoms. The monoisotopic (exact) mass is 485 g/mol. The van der Waals surface area contributed by atoms with Crippen LogP contribution in [-0.2, 0) is 21.4 Å². The molecule has 5 nitrogen and oxygen atoms in total. The molecule has 1 heterocycles. The molecule has 7 heteroatoms. The molecule has 2 aromatic rings. The number of fused-ring (bicyclic) bond motifs is 2. The normalized spacial score (nSPS) is 29.0. The first-order valence-electron chi connectivity index (χ1n) is 11.6. The second kappa shape index (κ2) is 8.43. The van der Waals surface area contributed by atoms with Gasteiger partial charge in [-0.2, -0.15) is 4.31 Å². The van der Waals surface area contributed by atoms with E-state index in [0.717, 1.165) is 23.3 Å². The minimum Gasteiger partial charge on any atom is -0.489 e. The van der Waals surface area contributed by atoms with E-state index in [1.807, 2.05) is 54.6 Å². The molecule has 3 atom stereocenters. The molecule has 176 valence electrons. The molecule has 2 aliphatic carbocycles. The van der Waals surface area contributed by atoms with Crippen molar-refractivity contribution >= 4 is 27.6 Å². The predicted octanol–water partition coefficient (Wildman–Crippen LogP) is 5.04. The predicted molar refractivity (Wildman–Crippen MR) is 131 cm³/mol. The minimum atomic E-state index is -3.64. The van der Waals surface area contributed by atoms with Crippen LogP contribution in [-0.4, -0.2) is 36.6 Å². The maximum Gasteiger partial charge on any atom is 0.216 e. The molecule has 1 aliphatic heterocycles. The van der Waals surface area contributed by atoms with Crippen molar-refractivity contribution in [3.63, 3.8) is 0 Å². The van der Waals surface area contributed by atoms with E-state index in [4.69, 9.17) is 4.74 Å². The lowest BCUT2D eigenvalue weighted by Gasteiger charge is -2.38. The number of ketones is 1. The van der Waals surface area contributed by atoms with Crippen LogP contribution in [0, 0.1) is 16.7 Å². The van der Waals surface area contributed by atoms with E-state index in [9.17, 15) is 13.2 Å². The fraction of sp³-hybridized carbons (Fsp3) is 0.500. The minimum absolute atomic E-state index is 0.0770. The second-order valence-corrected chi connectivity index (χ2v) is 13.2. The largest absolute Gasteiger partial charge is 0.489 e. The molecule has 0 N–H and O–H groups in total. The van der Waals surface area contributed by atoms with Gasteiger partial charge in [0.1, 0.15) is 18.1 Å². The summed E-state index contributed by atoms with van der Waals surface area (Å²) in [7, 11) is -3.64. The van der Waals surface area contributed by atoms with Gasteiger partial charge in [0.15, 0.2) is 0 Å². The number of para-hydroxylation sites is 1. The fourth-order valence-electron chi connectivity index (χ4n) is 6.04. The summed E-state index contributed by atoms with van der Waals surface area (Å²) < 4.78 is 35.4. The topological polar surface area (TPSA) is 63.7 Å². The zero-order valence-corrected chi connectivity index (χ0v) is 20.8. The van der Waals surface area contributed by atoms with Crippen molar-refractivity contribution in [3.8, 4) is 5.75 Å². The van der Waals surface area contributed by atoms with Crippen molar-refractivity contribution in [2.45, 2.75) is 45.1 Å². The third kappa shape index (κ3) is 3.82. The average molecular weight is 486 g/mol. The van der Waals surface area contributed by atoms with Crippen LogP contribution >= 0.6 is 11.8 Å². The van der Waals surface area contributed by atoms with Gasteiger partial charge in [-0.05, 0) is 35.8 Å². The Balaban J connectivity index is 1.40. The van der Waals surface area contributed by atoms with Gasteiger partial charge in [0.05, 0.1) is 11.1 Å². The summed E-state index contributed by atoms with van der Waals surface area (Å²) in [5, 5.41) is -0.338. The third-order valence-electron chi connectivity index (χ3n) is 8.20. The van der Waals surface area contributed by atoms with Gasteiger partial charge in [0.25, 0.3) is 0 Å². The van der Waals surface area contributed by atoms with Crippen molar-refractivity contribution in [1.82, 2.24) is 4.31 Å². The highest BCUT2D eigenvalue weighted by Gasteiger charge is 2.65. The number of Topliss-reactive ketones (excluding diaryl/α,β-unsaturated/α-hetero) is 1. The van der Waals surface area contributed by atoms with Crippen LogP contribution in [0.1, 0.15) is 49.6 Å². The zero-order chi connectivity index (χ0) is 23.3. The van der Waals surface area contributed by atoms with Gasteiger partial charge < -0.3 is 4.74 Å². The van der Waals surface area contributed by atoms with Crippen LogP contribution in [0.5, 0.6) is 5.75 Å². The van der Waals surface area contributed by atoms with E-state index < -0.39 is 15.4 Å². The second-order valence-electron chi connectivity index (χ2n) is 10.1. The van der Waals surface area contributed by atoms with Crippen LogP contribution in [0.4, 0.5) is 0 Å². The molecule has 0 spiro atoms. The number of ether oxygens (including phenoxy) is 1. The van der Waals surface area contributed by atoms with Crippen LogP contribution in [0.2, 0.25) is 0 Å². The Hall–Kier alpha value is -1.83. The molecule has 5 rings (SSSR count). The number of hydrogen-bond donors (Lipinski definition) is 0. The van der Waals surface area contributed by atoms with Crippen LogP contribution in [0.25, 0.3) is 0 Å². The lowest BCUT2D eigenvalue weighted by molar-refractivity contribution is -0.128. The van der Waals surface area contributed by atoms with Crippen molar-refractivity contribution in [2.75, 3.05) is 18.1 Å². The lowest BCUT2D eigenvalue weighted by atomic mass is 9.70. The third-order valence-corrected chi connectivity index (χ3v) is 11.5. The summed E-state index contributed by atoms with van der Waals surface area (Å²) in [4.78, 5) is 13.0. The Bertz CT molecular complexity index is 1150. The van der Waals surface area contributed by atoms with E-state index in [2.05, 4.69) is 13.8 Å². The zero-order valence-electron chi connectivity index (χ0n) is 19.2. The Kier molecular flexibility index (Phi) is 5.86. The maximum atomic E-state index is 13.8. The maximum absolute atomic E-state index is 13.8. The van der Waals surface area contributed by atoms with Crippen molar-refractivity contribution in [2.24, 2.45) is 16.7 Å². The number of carbonyl (C=O) groups is 1. The van der Waals surface area contributed by atoms with Crippen LogP contribution in [0.3, 0.4) is 0 Å². The molecule has 3 fully saturated rings. The van der Waals surface area contributed by atoms with Gasteiger partial charge in [0, 0.05) is 29.7 Å². The summed E-state index contributed by atoms with van der Waals surface area (Å²) in [5.41, 5.74) is 0.916. The first-order valence-corrected chi connectivity index (χ1v) is 14.3. The standard InChI is InChI=1S/C26H31NO4S2/c1-25(2)20-12-13-26(25,23(28)16-20)18-33(29,30)27-14-15-32-24(27)21-10-6-7-11-22(21)31-17-19-8-4-3-5-9-19/h3-11,20,24H,12-18H2,1-2H3. The number of thioether (sulfide) groups is 1. The number of nitrogens with zero attached hydrogens (tertiary/aromatic N) is 1. The summed E-state index contributed by atoms with van der Waals surface area (Å²) in [6.45, 7) is 5.07. The molecule has 3 aliphatic rings. The van der Waals surface area contributed by atoms with Crippen molar-refractivity contribution < 1.29 is 17.9 Å². The number of carbonyl (C=O) groups excluding carboxylic acids is 1. The van der Waals surface area contributed by atoms with Crippen LogP contribution in [0.15, 0.2) is 54.6 Å². The van der Waals surface area contributed by atoms with Gasteiger partial charge in [-0.1, -0.05) is 62.4 Å². The first-order chi connectivity index (χ1) is 15.7. The van der Waals surface area contributed by atoms with Gasteiger partial charge >= 0.3 is 0 Å². The Morgan fingerprint density at radius 3 is 2.52 bits per heavy atom. The Morgan fingerprint density at radius 1 is 1.09 bits per heavy atom. The quantitative estimate of drug-likeness (QED) is 0.550. The molecule has 33 heavy (non-hydrogen) atoms. The SMILES string of the molecule is CC1(C)C2CCC1(CS(=O)(=O)N1CCSC1c1ccccc1OCc1ccccc1)C(=O)C2. The summed E-state index contributed by atoms with van der Waals surface area (Å²) in [5.74, 6) is 1.80. The summed E-state index contributed by atoms with van der Waals surface area (Å²) >= 11 is 1.62. The smallest absolute Gasteiger partial charge is 0.216 e. The van der Waals surface area contributed by atoms with Gasteiger partial charge in [-0.25, -0.2) is 8.42 Å². The number of rotatable bonds is 7. The molecule has 0 radical (unpaired) electrons. The molecule has 0 amide bonds. The molecule has 2 saturated carbocycles. The lowest BCUT2D eigenvalue weighted by Crippen LogP contribution is -2.46. The molecule has 1 saturated heterocycles.